The van der Waals surface area contributed by atoms with E-state index in [4.69, 9.17) is 5.11 Å². The van der Waals surface area contributed by atoms with Gasteiger partial charge in [0.25, 0.3) is 0 Å². The predicted molar refractivity (Wildman–Crippen MR) is 83.4 cm³/mol. The van der Waals surface area contributed by atoms with E-state index in [1.807, 2.05) is 56.1 Å². The van der Waals surface area contributed by atoms with Gasteiger partial charge in [-0.3, -0.25) is 4.79 Å². The fourth-order valence-corrected chi connectivity index (χ4v) is 2.01. The van der Waals surface area contributed by atoms with Crippen LogP contribution in [0.25, 0.3) is 0 Å². The molecule has 0 aromatic heterocycles. The summed E-state index contributed by atoms with van der Waals surface area (Å²) < 4.78 is 0. The number of amides is 1. The second-order valence-corrected chi connectivity index (χ2v) is 5.28. The molecule has 0 spiro atoms. The number of carboxylic acids is 1. The smallest absolute Gasteiger partial charge is 0.326 e. The Labute approximate surface area is 126 Å². The number of nitrogens with one attached hydrogen (secondary N) is 1. The van der Waals surface area contributed by atoms with E-state index in [1.54, 1.807) is 0 Å². The van der Waals surface area contributed by atoms with Crippen molar-refractivity contribution in [2.75, 3.05) is 18.5 Å². The summed E-state index contributed by atoms with van der Waals surface area (Å²) in [7, 11) is 1.91. The standard InChI is InChI=1S/C16H24N2O3/c1-4-12(2)15(16(20)21)17-14(19)10-11-18(3)13-8-6-5-7-9-13/h5-9,12,15H,4,10-11H2,1-3H3,(H,17,19)(H,20,21). The number of aliphatic carboxylic acids is 1. The lowest BCUT2D eigenvalue weighted by Crippen LogP contribution is -2.45. The number of hydrogen-bond donors (Lipinski definition) is 2. The van der Waals surface area contributed by atoms with Crippen molar-refractivity contribution in [3.05, 3.63) is 30.3 Å². The predicted octanol–water partition coefficient (Wildman–Crippen LogP) is 2.13. The molecule has 2 atom stereocenters. The molecule has 0 radical (unpaired) electrons. The molecule has 0 heterocycles. The topological polar surface area (TPSA) is 69.6 Å². The van der Waals surface area contributed by atoms with Crippen molar-refractivity contribution in [3.8, 4) is 0 Å². The monoisotopic (exact) mass is 292 g/mol. The molecule has 0 aliphatic rings. The molecule has 2 unspecified atom stereocenters. The van der Waals surface area contributed by atoms with Gasteiger partial charge in [0.15, 0.2) is 0 Å². The lowest BCUT2D eigenvalue weighted by atomic mass is 9.99. The Hall–Kier alpha value is -2.04. The Morgan fingerprint density at radius 3 is 2.43 bits per heavy atom. The van der Waals surface area contributed by atoms with E-state index in [1.165, 1.54) is 0 Å². The SMILES string of the molecule is CCC(C)C(NC(=O)CCN(C)c1ccccc1)C(=O)O. The first-order chi connectivity index (χ1) is 9.95. The van der Waals surface area contributed by atoms with E-state index in [9.17, 15) is 9.59 Å². The van der Waals surface area contributed by atoms with E-state index in [0.29, 0.717) is 13.0 Å². The molecule has 1 amide bonds. The zero-order valence-corrected chi connectivity index (χ0v) is 12.9. The van der Waals surface area contributed by atoms with Gasteiger partial charge in [-0.1, -0.05) is 38.5 Å². The first-order valence-corrected chi connectivity index (χ1v) is 7.24. The van der Waals surface area contributed by atoms with E-state index in [2.05, 4.69) is 5.32 Å². The van der Waals surface area contributed by atoms with Crippen LogP contribution in [0.15, 0.2) is 30.3 Å². The molecule has 21 heavy (non-hydrogen) atoms. The fraction of sp³-hybridized carbons (Fsp3) is 0.500. The highest BCUT2D eigenvalue weighted by Crippen LogP contribution is 2.11. The number of hydrogen-bond acceptors (Lipinski definition) is 3. The highest BCUT2D eigenvalue weighted by Gasteiger charge is 2.25. The minimum absolute atomic E-state index is 0.0849. The summed E-state index contributed by atoms with van der Waals surface area (Å²) in [5.41, 5.74) is 1.03. The normalized spacial score (nSPS) is 13.3. The van der Waals surface area contributed by atoms with Gasteiger partial charge in [0.1, 0.15) is 6.04 Å². The maximum Gasteiger partial charge on any atom is 0.326 e. The van der Waals surface area contributed by atoms with Crippen molar-refractivity contribution < 1.29 is 14.7 Å². The van der Waals surface area contributed by atoms with E-state index >= 15 is 0 Å². The quantitative estimate of drug-likeness (QED) is 0.770. The number of carbonyl (C=O) groups excluding carboxylic acids is 1. The third-order valence-corrected chi connectivity index (χ3v) is 3.67. The van der Waals surface area contributed by atoms with Crippen LogP contribution in [0.5, 0.6) is 0 Å². The molecule has 116 valence electrons. The molecule has 1 aromatic carbocycles. The summed E-state index contributed by atoms with van der Waals surface area (Å²) in [6.07, 6.45) is 0.979. The average molecular weight is 292 g/mol. The third-order valence-electron chi connectivity index (χ3n) is 3.67. The molecule has 5 nitrogen and oxygen atoms in total. The number of rotatable bonds is 8. The minimum atomic E-state index is -0.978. The van der Waals surface area contributed by atoms with Crippen molar-refractivity contribution >= 4 is 17.6 Å². The maximum atomic E-state index is 11.9. The van der Waals surface area contributed by atoms with Crippen molar-refractivity contribution in [2.45, 2.75) is 32.7 Å². The van der Waals surface area contributed by atoms with Gasteiger partial charge in [-0.2, -0.15) is 0 Å². The first-order valence-electron chi connectivity index (χ1n) is 7.24. The van der Waals surface area contributed by atoms with Gasteiger partial charge in [0.2, 0.25) is 5.91 Å². The zero-order chi connectivity index (χ0) is 15.8. The van der Waals surface area contributed by atoms with Crippen LogP contribution in [0.4, 0.5) is 5.69 Å². The summed E-state index contributed by atoms with van der Waals surface area (Å²) in [4.78, 5) is 25.1. The summed E-state index contributed by atoms with van der Waals surface area (Å²) >= 11 is 0. The van der Waals surface area contributed by atoms with Crippen molar-refractivity contribution in [1.82, 2.24) is 5.32 Å². The van der Waals surface area contributed by atoms with Crippen LogP contribution >= 0.6 is 0 Å². The molecule has 0 aliphatic carbocycles. The van der Waals surface area contributed by atoms with Gasteiger partial charge < -0.3 is 15.3 Å². The number of anilines is 1. The van der Waals surface area contributed by atoms with Crippen molar-refractivity contribution in [3.63, 3.8) is 0 Å². The summed E-state index contributed by atoms with van der Waals surface area (Å²) in [5.74, 6) is -1.29. The van der Waals surface area contributed by atoms with Crippen LogP contribution in [-0.4, -0.2) is 36.6 Å². The molecular weight excluding hydrogens is 268 g/mol. The lowest BCUT2D eigenvalue weighted by molar-refractivity contribution is -0.143. The Bertz CT molecular complexity index is 462. The lowest BCUT2D eigenvalue weighted by Gasteiger charge is -2.22. The highest BCUT2D eigenvalue weighted by molar-refractivity contribution is 5.84. The van der Waals surface area contributed by atoms with Crippen molar-refractivity contribution in [2.24, 2.45) is 5.92 Å². The number of carbonyl (C=O) groups is 2. The van der Waals surface area contributed by atoms with E-state index < -0.39 is 12.0 Å². The molecule has 0 saturated heterocycles. The van der Waals surface area contributed by atoms with Gasteiger partial charge >= 0.3 is 5.97 Å². The van der Waals surface area contributed by atoms with Gasteiger partial charge in [0, 0.05) is 25.7 Å². The Kier molecular flexibility index (Phi) is 6.72. The first kappa shape index (κ1) is 17.0. The summed E-state index contributed by atoms with van der Waals surface area (Å²) in [6, 6.07) is 8.94. The number of para-hydroxylation sites is 1. The maximum absolute atomic E-state index is 11.9. The van der Waals surface area contributed by atoms with Crippen LogP contribution in [0.3, 0.4) is 0 Å². The zero-order valence-electron chi connectivity index (χ0n) is 12.9. The number of carboxylic acid groups (broad SMARTS) is 1. The molecule has 1 aromatic rings. The second-order valence-electron chi connectivity index (χ2n) is 5.28. The fourth-order valence-electron chi connectivity index (χ4n) is 2.01. The Morgan fingerprint density at radius 1 is 1.29 bits per heavy atom. The van der Waals surface area contributed by atoms with Gasteiger partial charge in [-0.15, -0.1) is 0 Å². The number of nitrogens with zero attached hydrogens (tertiary/aromatic N) is 1. The molecule has 0 bridgehead atoms. The van der Waals surface area contributed by atoms with Crippen LogP contribution in [-0.2, 0) is 9.59 Å². The molecule has 0 fully saturated rings. The van der Waals surface area contributed by atoms with Crippen molar-refractivity contribution in [1.29, 1.82) is 0 Å². The summed E-state index contributed by atoms with van der Waals surface area (Å²) in [6.45, 7) is 4.29. The van der Waals surface area contributed by atoms with Gasteiger partial charge in [0.05, 0.1) is 0 Å². The van der Waals surface area contributed by atoms with Crippen LogP contribution < -0.4 is 10.2 Å². The van der Waals surface area contributed by atoms with Gasteiger partial charge in [-0.05, 0) is 18.1 Å². The van der Waals surface area contributed by atoms with Crippen LogP contribution in [0, 0.1) is 5.92 Å². The second kappa shape index (κ2) is 8.29. The molecule has 0 saturated carbocycles. The highest BCUT2D eigenvalue weighted by atomic mass is 16.4. The van der Waals surface area contributed by atoms with Crippen LogP contribution in [0.1, 0.15) is 26.7 Å². The molecular formula is C16H24N2O3. The minimum Gasteiger partial charge on any atom is -0.480 e. The largest absolute Gasteiger partial charge is 0.480 e. The molecule has 1 rings (SSSR count). The molecule has 5 heteroatoms. The molecule has 0 aliphatic heterocycles. The van der Waals surface area contributed by atoms with E-state index in [-0.39, 0.29) is 18.2 Å². The number of benzene rings is 1. The summed E-state index contributed by atoms with van der Waals surface area (Å²) in [5, 5.41) is 11.8. The van der Waals surface area contributed by atoms with E-state index in [0.717, 1.165) is 5.69 Å². The molecule has 2 N–H and O–H groups in total. The van der Waals surface area contributed by atoms with Crippen LogP contribution in [0.2, 0.25) is 0 Å². The average Bonchev–Trinajstić information content (AvgIpc) is 2.50. The Balaban J connectivity index is 2.48. The third kappa shape index (κ3) is 5.45. The van der Waals surface area contributed by atoms with Gasteiger partial charge in [-0.25, -0.2) is 4.79 Å². The Morgan fingerprint density at radius 2 is 1.90 bits per heavy atom.